The lowest BCUT2D eigenvalue weighted by molar-refractivity contribution is 0.0953. The van der Waals surface area contributed by atoms with Gasteiger partial charge in [-0.05, 0) is 48.7 Å². The molecule has 0 radical (unpaired) electrons. The molecule has 2 N–H and O–H groups in total. The van der Waals surface area contributed by atoms with Gasteiger partial charge in [-0.3, -0.25) is 9.52 Å². The van der Waals surface area contributed by atoms with Gasteiger partial charge in [-0.15, -0.1) is 0 Å². The molecular formula is C18H21ClN2O4S. The van der Waals surface area contributed by atoms with Crippen molar-refractivity contribution in [2.75, 3.05) is 24.6 Å². The van der Waals surface area contributed by atoms with E-state index in [1.165, 1.54) is 18.2 Å². The average molecular weight is 397 g/mol. The van der Waals surface area contributed by atoms with Gasteiger partial charge in [0.05, 0.1) is 24.0 Å². The summed E-state index contributed by atoms with van der Waals surface area (Å²) in [5, 5.41) is 3.00. The summed E-state index contributed by atoms with van der Waals surface area (Å²) in [7, 11) is -1.77. The van der Waals surface area contributed by atoms with E-state index in [1.807, 2.05) is 24.3 Å². The normalized spacial score (nSPS) is 11.0. The molecule has 0 aromatic heterocycles. The zero-order chi connectivity index (χ0) is 19.2. The molecular weight excluding hydrogens is 376 g/mol. The summed E-state index contributed by atoms with van der Waals surface area (Å²) >= 11 is 6.09. The molecule has 0 saturated heterocycles. The van der Waals surface area contributed by atoms with Crippen LogP contribution < -0.4 is 14.8 Å². The summed E-state index contributed by atoms with van der Waals surface area (Å²) in [5.41, 5.74) is 1.74. The highest BCUT2D eigenvalue weighted by molar-refractivity contribution is 7.92. The van der Waals surface area contributed by atoms with Crippen molar-refractivity contribution >= 4 is 33.2 Å². The van der Waals surface area contributed by atoms with Gasteiger partial charge < -0.3 is 10.1 Å². The Bertz CT molecular complexity index is 885. The molecule has 2 aromatic carbocycles. The predicted octanol–water partition coefficient (Wildman–Crippen LogP) is 3.08. The van der Waals surface area contributed by atoms with E-state index in [1.54, 1.807) is 7.11 Å². The average Bonchev–Trinajstić information content (AvgIpc) is 2.57. The lowest BCUT2D eigenvalue weighted by atomic mass is 10.1. The molecule has 0 saturated carbocycles. The van der Waals surface area contributed by atoms with E-state index < -0.39 is 10.0 Å². The van der Waals surface area contributed by atoms with Gasteiger partial charge >= 0.3 is 0 Å². The fourth-order valence-electron chi connectivity index (χ4n) is 2.39. The Morgan fingerprint density at radius 1 is 1.19 bits per heavy atom. The molecule has 0 fully saturated rings. The summed E-state index contributed by atoms with van der Waals surface area (Å²) in [6.07, 6.45) is 2.62. The van der Waals surface area contributed by atoms with Crippen LogP contribution in [0.4, 0.5) is 5.69 Å². The fourth-order valence-corrected chi connectivity index (χ4v) is 3.22. The van der Waals surface area contributed by atoms with E-state index in [2.05, 4.69) is 10.0 Å². The van der Waals surface area contributed by atoms with E-state index in [-0.39, 0.29) is 10.9 Å². The maximum atomic E-state index is 12.2. The van der Waals surface area contributed by atoms with Crippen molar-refractivity contribution < 1.29 is 17.9 Å². The van der Waals surface area contributed by atoms with Crippen molar-refractivity contribution in [3.63, 3.8) is 0 Å². The van der Waals surface area contributed by atoms with Gasteiger partial charge in [0.15, 0.2) is 0 Å². The second-order valence-electron chi connectivity index (χ2n) is 5.78. The molecule has 1 amide bonds. The number of sulfonamides is 1. The molecule has 0 aliphatic rings. The smallest absolute Gasteiger partial charge is 0.252 e. The van der Waals surface area contributed by atoms with Crippen LogP contribution in [-0.2, 0) is 16.4 Å². The van der Waals surface area contributed by atoms with Crippen molar-refractivity contribution in [1.29, 1.82) is 0 Å². The Balaban J connectivity index is 1.87. The van der Waals surface area contributed by atoms with Crippen LogP contribution in [0.1, 0.15) is 22.3 Å². The number of amides is 1. The standard InChI is InChI=1S/C18H21ClN2O4S/c1-25-15-7-3-5-13(11-15)6-4-10-20-18(22)16-9-8-14(12-17(16)19)21-26(2,23)24/h3,5,7-9,11-12,21H,4,6,10H2,1-2H3,(H,20,22). The maximum Gasteiger partial charge on any atom is 0.252 e. The largest absolute Gasteiger partial charge is 0.497 e. The van der Waals surface area contributed by atoms with E-state index in [4.69, 9.17) is 16.3 Å². The monoisotopic (exact) mass is 396 g/mol. The number of carbonyl (C=O) groups excluding carboxylic acids is 1. The lowest BCUT2D eigenvalue weighted by Gasteiger charge is -2.09. The molecule has 0 heterocycles. The van der Waals surface area contributed by atoms with Crippen LogP contribution >= 0.6 is 11.6 Å². The van der Waals surface area contributed by atoms with Gasteiger partial charge in [-0.2, -0.15) is 0 Å². The Morgan fingerprint density at radius 2 is 1.96 bits per heavy atom. The number of benzene rings is 2. The Morgan fingerprint density at radius 3 is 2.62 bits per heavy atom. The highest BCUT2D eigenvalue weighted by Gasteiger charge is 2.12. The Labute approximate surface area is 158 Å². The Hall–Kier alpha value is -2.25. The first-order valence-electron chi connectivity index (χ1n) is 7.97. The number of methoxy groups -OCH3 is 1. The molecule has 8 heteroatoms. The number of nitrogens with one attached hydrogen (secondary N) is 2. The number of rotatable bonds is 8. The molecule has 140 valence electrons. The van der Waals surface area contributed by atoms with Crippen LogP contribution in [0.25, 0.3) is 0 Å². The summed E-state index contributed by atoms with van der Waals surface area (Å²) in [6.45, 7) is 0.496. The van der Waals surface area contributed by atoms with Gasteiger partial charge in [-0.25, -0.2) is 8.42 Å². The summed E-state index contributed by atoms with van der Waals surface area (Å²) < 4.78 is 29.9. The molecule has 26 heavy (non-hydrogen) atoms. The second kappa shape index (κ2) is 8.91. The molecule has 2 aromatic rings. The first-order valence-corrected chi connectivity index (χ1v) is 10.2. The highest BCUT2D eigenvalue weighted by atomic mass is 35.5. The van der Waals surface area contributed by atoms with Crippen molar-refractivity contribution in [3.8, 4) is 5.75 Å². The first kappa shape index (κ1) is 20.1. The minimum absolute atomic E-state index is 0.184. The molecule has 0 bridgehead atoms. The quantitative estimate of drug-likeness (QED) is 0.671. The third kappa shape index (κ3) is 6.24. The number of ether oxygens (including phenoxy) is 1. The van der Waals surface area contributed by atoms with Gasteiger partial charge in [0.2, 0.25) is 10.0 Å². The third-order valence-electron chi connectivity index (χ3n) is 3.58. The number of aryl methyl sites for hydroxylation is 1. The van der Waals surface area contributed by atoms with Crippen molar-refractivity contribution in [2.24, 2.45) is 0 Å². The van der Waals surface area contributed by atoms with Crippen LogP contribution in [0.15, 0.2) is 42.5 Å². The minimum Gasteiger partial charge on any atom is -0.497 e. The summed E-state index contributed by atoms with van der Waals surface area (Å²) in [5.74, 6) is 0.507. The zero-order valence-corrected chi connectivity index (χ0v) is 16.2. The Kier molecular flexibility index (Phi) is 6.88. The van der Waals surface area contributed by atoms with Crippen molar-refractivity contribution in [3.05, 3.63) is 58.6 Å². The van der Waals surface area contributed by atoms with Gasteiger partial charge in [-0.1, -0.05) is 23.7 Å². The third-order valence-corrected chi connectivity index (χ3v) is 4.50. The van der Waals surface area contributed by atoms with E-state index in [0.717, 1.165) is 30.4 Å². The molecule has 0 atom stereocenters. The molecule has 0 unspecified atom stereocenters. The number of carbonyl (C=O) groups is 1. The van der Waals surface area contributed by atoms with Crippen molar-refractivity contribution in [2.45, 2.75) is 12.8 Å². The van der Waals surface area contributed by atoms with Crippen LogP contribution in [-0.4, -0.2) is 34.2 Å². The van der Waals surface area contributed by atoms with Gasteiger partial charge in [0.1, 0.15) is 5.75 Å². The van der Waals surface area contributed by atoms with E-state index in [9.17, 15) is 13.2 Å². The predicted molar refractivity (Wildman–Crippen MR) is 104 cm³/mol. The second-order valence-corrected chi connectivity index (χ2v) is 7.94. The minimum atomic E-state index is -3.39. The zero-order valence-electron chi connectivity index (χ0n) is 14.6. The molecule has 2 rings (SSSR count). The SMILES string of the molecule is COc1cccc(CCCNC(=O)c2ccc(NS(C)(=O)=O)cc2Cl)c1. The maximum absolute atomic E-state index is 12.2. The fraction of sp³-hybridized carbons (Fsp3) is 0.278. The van der Waals surface area contributed by atoms with Gasteiger partial charge in [0.25, 0.3) is 5.91 Å². The topological polar surface area (TPSA) is 84.5 Å². The molecule has 0 aliphatic heterocycles. The highest BCUT2D eigenvalue weighted by Crippen LogP contribution is 2.21. The van der Waals surface area contributed by atoms with Crippen molar-refractivity contribution in [1.82, 2.24) is 5.32 Å². The van der Waals surface area contributed by atoms with E-state index >= 15 is 0 Å². The van der Waals surface area contributed by atoms with Crippen LogP contribution in [0.3, 0.4) is 0 Å². The lowest BCUT2D eigenvalue weighted by Crippen LogP contribution is -2.25. The van der Waals surface area contributed by atoms with Crippen LogP contribution in [0.5, 0.6) is 5.75 Å². The number of anilines is 1. The summed E-state index contributed by atoms with van der Waals surface area (Å²) in [4.78, 5) is 12.2. The van der Waals surface area contributed by atoms with Crippen LogP contribution in [0.2, 0.25) is 5.02 Å². The van der Waals surface area contributed by atoms with E-state index in [0.29, 0.717) is 17.8 Å². The number of hydrogen-bond donors (Lipinski definition) is 2. The molecule has 0 aliphatic carbocycles. The summed E-state index contributed by atoms with van der Waals surface area (Å²) in [6, 6.07) is 12.2. The van der Waals surface area contributed by atoms with Gasteiger partial charge in [0, 0.05) is 12.2 Å². The van der Waals surface area contributed by atoms with Crippen LogP contribution in [0, 0.1) is 0 Å². The first-order chi connectivity index (χ1) is 12.3. The molecule has 6 nitrogen and oxygen atoms in total. The number of hydrogen-bond acceptors (Lipinski definition) is 4. The molecule has 0 spiro atoms. The number of halogens is 1.